The molecule has 0 bridgehead atoms. The molecule has 0 aliphatic carbocycles. The number of carbonyl (C=O) groups excluding carboxylic acids is 2. The Kier molecular flexibility index (Phi) is 7.11. The summed E-state index contributed by atoms with van der Waals surface area (Å²) in [7, 11) is -0.803. The fraction of sp³-hybridized carbons (Fsp3) is 0.333. The molecule has 1 aliphatic heterocycles. The molecule has 1 atom stereocenters. The van der Waals surface area contributed by atoms with Crippen LogP contribution in [0.15, 0.2) is 46.2 Å². The molecular formula is C21H24N2O6S2. The third-order valence-corrected chi connectivity index (χ3v) is 8.04. The Hall–Kier alpha value is -2.72. The van der Waals surface area contributed by atoms with Gasteiger partial charge in [-0.2, -0.15) is 0 Å². The van der Waals surface area contributed by atoms with E-state index < -0.39 is 21.0 Å². The maximum atomic E-state index is 13.0. The summed E-state index contributed by atoms with van der Waals surface area (Å²) >= 11 is 1.50. The highest BCUT2D eigenvalue weighted by Gasteiger charge is 2.27. The zero-order valence-electron chi connectivity index (χ0n) is 17.4. The number of anilines is 2. The Morgan fingerprint density at radius 3 is 2.68 bits per heavy atom. The minimum Gasteiger partial charge on any atom is -0.497 e. The molecule has 1 heterocycles. The molecule has 3 rings (SSSR count). The van der Waals surface area contributed by atoms with Crippen LogP contribution in [0.3, 0.4) is 0 Å². The number of carbonyl (C=O) groups is 2. The number of thioether (sulfide) groups is 1. The van der Waals surface area contributed by atoms with E-state index in [4.69, 9.17) is 9.47 Å². The van der Waals surface area contributed by atoms with Gasteiger partial charge in [-0.15, -0.1) is 11.8 Å². The third kappa shape index (κ3) is 5.31. The molecule has 8 nitrogen and oxygen atoms in total. The number of methoxy groups -OCH3 is 2. The van der Waals surface area contributed by atoms with Gasteiger partial charge in [-0.25, -0.2) is 8.42 Å². The average Bonchev–Trinajstić information content (AvgIpc) is 2.93. The van der Waals surface area contributed by atoms with Crippen LogP contribution in [-0.2, 0) is 19.4 Å². The molecule has 10 heteroatoms. The molecule has 0 spiro atoms. The van der Waals surface area contributed by atoms with Gasteiger partial charge in [-0.3, -0.25) is 9.59 Å². The van der Waals surface area contributed by atoms with Crippen LogP contribution in [0.5, 0.6) is 11.5 Å². The maximum Gasteiger partial charge on any atom is 0.225 e. The standard InChI is InChI=1S/C21H24N2O6S2/c1-13(10-21(25)22-16-6-4-14(28-2)11-18(16)29-3)31(26,27)15-5-7-19-17(12-15)23-20(24)8-9-30-19/h4-7,11-13H,8-10H2,1-3H3,(H,22,25)(H,23,24)/t13-/m0/s1. The molecule has 2 amide bonds. The number of nitrogens with one attached hydrogen (secondary N) is 2. The van der Waals surface area contributed by atoms with E-state index in [1.807, 2.05) is 0 Å². The number of amides is 2. The zero-order chi connectivity index (χ0) is 22.6. The summed E-state index contributed by atoms with van der Waals surface area (Å²) in [4.78, 5) is 25.2. The van der Waals surface area contributed by atoms with Crippen LogP contribution < -0.4 is 20.1 Å². The van der Waals surface area contributed by atoms with Crippen molar-refractivity contribution in [2.75, 3.05) is 30.6 Å². The van der Waals surface area contributed by atoms with E-state index in [0.717, 1.165) is 4.90 Å². The zero-order valence-corrected chi connectivity index (χ0v) is 19.1. The molecule has 2 N–H and O–H groups in total. The van der Waals surface area contributed by atoms with Crippen molar-refractivity contribution in [1.29, 1.82) is 0 Å². The first-order valence-electron chi connectivity index (χ1n) is 9.57. The number of rotatable bonds is 7. The molecule has 0 fully saturated rings. The third-order valence-electron chi connectivity index (χ3n) is 4.83. The first-order valence-corrected chi connectivity index (χ1v) is 12.1. The molecule has 31 heavy (non-hydrogen) atoms. The normalized spacial score (nSPS) is 14.6. The smallest absolute Gasteiger partial charge is 0.225 e. The van der Waals surface area contributed by atoms with Gasteiger partial charge < -0.3 is 20.1 Å². The van der Waals surface area contributed by atoms with E-state index in [-0.39, 0.29) is 17.2 Å². The summed E-state index contributed by atoms with van der Waals surface area (Å²) in [6.07, 6.45) is 0.128. The molecule has 0 saturated heterocycles. The summed E-state index contributed by atoms with van der Waals surface area (Å²) in [6.45, 7) is 1.49. The molecule has 2 aromatic carbocycles. The molecular weight excluding hydrogens is 440 g/mol. The molecule has 0 aromatic heterocycles. The molecule has 1 aliphatic rings. The number of ether oxygens (including phenoxy) is 2. The summed E-state index contributed by atoms with van der Waals surface area (Å²) in [6, 6.07) is 9.58. The second kappa shape index (κ2) is 9.61. The lowest BCUT2D eigenvalue weighted by Crippen LogP contribution is -2.25. The number of hydrogen-bond acceptors (Lipinski definition) is 7. The Bertz CT molecular complexity index is 1100. The van der Waals surface area contributed by atoms with Crippen molar-refractivity contribution >= 4 is 44.8 Å². The van der Waals surface area contributed by atoms with Gasteiger partial charge in [-0.05, 0) is 37.3 Å². The minimum absolute atomic E-state index is 0.0661. The van der Waals surface area contributed by atoms with Gasteiger partial charge >= 0.3 is 0 Å². The van der Waals surface area contributed by atoms with Crippen molar-refractivity contribution < 1.29 is 27.5 Å². The number of fused-ring (bicyclic) bond motifs is 1. The number of hydrogen-bond donors (Lipinski definition) is 2. The fourth-order valence-electron chi connectivity index (χ4n) is 3.08. The minimum atomic E-state index is -3.79. The Labute approximate surface area is 185 Å². The van der Waals surface area contributed by atoms with Crippen molar-refractivity contribution in [3.63, 3.8) is 0 Å². The van der Waals surface area contributed by atoms with E-state index in [2.05, 4.69) is 10.6 Å². The highest BCUT2D eigenvalue weighted by atomic mass is 32.2. The molecule has 0 saturated carbocycles. The van der Waals surface area contributed by atoms with Crippen molar-refractivity contribution in [2.24, 2.45) is 0 Å². The first-order chi connectivity index (χ1) is 14.7. The van der Waals surface area contributed by atoms with E-state index in [1.165, 1.54) is 45.0 Å². The van der Waals surface area contributed by atoms with Crippen molar-refractivity contribution in [3.8, 4) is 11.5 Å². The molecule has 2 aromatic rings. The fourth-order valence-corrected chi connectivity index (χ4v) is 5.39. The topological polar surface area (TPSA) is 111 Å². The number of sulfone groups is 1. The lowest BCUT2D eigenvalue weighted by atomic mass is 10.2. The Morgan fingerprint density at radius 2 is 1.97 bits per heavy atom. The lowest BCUT2D eigenvalue weighted by molar-refractivity contribution is -0.116. The highest BCUT2D eigenvalue weighted by Crippen LogP contribution is 2.34. The van der Waals surface area contributed by atoms with Crippen LogP contribution in [0.4, 0.5) is 11.4 Å². The van der Waals surface area contributed by atoms with Crippen molar-refractivity contribution in [3.05, 3.63) is 36.4 Å². The summed E-state index contributed by atoms with van der Waals surface area (Å²) in [5, 5.41) is 4.46. The highest BCUT2D eigenvalue weighted by molar-refractivity contribution is 7.99. The second-order valence-electron chi connectivity index (χ2n) is 6.98. The van der Waals surface area contributed by atoms with Gasteiger partial charge in [0.25, 0.3) is 0 Å². The van der Waals surface area contributed by atoms with E-state index in [0.29, 0.717) is 35.0 Å². The van der Waals surface area contributed by atoms with Gasteiger partial charge in [0.05, 0.1) is 35.7 Å². The van der Waals surface area contributed by atoms with Crippen LogP contribution in [0.2, 0.25) is 0 Å². The van der Waals surface area contributed by atoms with Crippen LogP contribution in [-0.4, -0.2) is 45.5 Å². The molecule has 0 unspecified atom stereocenters. The van der Waals surface area contributed by atoms with Crippen LogP contribution in [0.1, 0.15) is 19.8 Å². The maximum absolute atomic E-state index is 13.0. The molecule has 166 valence electrons. The molecule has 0 radical (unpaired) electrons. The largest absolute Gasteiger partial charge is 0.497 e. The van der Waals surface area contributed by atoms with Crippen LogP contribution in [0.25, 0.3) is 0 Å². The Morgan fingerprint density at radius 1 is 1.19 bits per heavy atom. The second-order valence-corrected chi connectivity index (χ2v) is 10.5. The monoisotopic (exact) mass is 464 g/mol. The van der Waals surface area contributed by atoms with Gasteiger partial charge in [0.2, 0.25) is 11.8 Å². The van der Waals surface area contributed by atoms with E-state index in [9.17, 15) is 18.0 Å². The van der Waals surface area contributed by atoms with Crippen molar-refractivity contribution in [2.45, 2.75) is 34.8 Å². The number of benzene rings is 2. The van der Waals surface area contributed by atoms with Crippen LogP contribution in [0, 0.1) is 0 Å². The summed E-state index contributed by atoms with van der Waals surface area (Å²) in [5.74, 6) is 0.998. The van der Waals surface area contributed by atoms with Gasteiger partial charge in [-0.1, -0.05) is 0 Å². The Balaban J connectivity index is 1.74. The van der Waals surface area contributed by atoms with Crippen molar-refractivity contribution in [1.82, 2.24) is 0 Å². The predicted molar refractivity (Wildman–Crippen MR) is 120 cm³/mol. The summed E-state index contributed by atoms with van der Waals surface area (Å²) in [5.41, 5.74) is 0.899. The van der Waals surface area contributed by atoms with Gasteiger partial charge in [0.1, 0.15) is 11.5 Å². The predicted octanol–water partition coefficient (Wildman–Crippen LogP) is 3.33. The first kappa shape index (κ1) is 23.0. The quantitative estimate of drug-likeness (QED) is 0.647. The van der Waals surface area contributed by atoms with E-state index >= 15 is 0 Å². The SMILES string of the molecule is COc1ccc(NC(=O)C[C@H](C)S(=O)(=O)c2ccc3c(c2)NC(=O)CCS3)c(OC)c1. The summed E-state index contributed by atoms with van der Waals surface area (Å²) < 4.78 is 36.5. The van der Waals surface area contributed by atoms with Gasteiger partial charge in [0, 0.05) is 29.6 Å². The van der Waals surface area contributed by atoms with Gasteiger partial charge in [0.15, 0.2) is 9.84 Å². The van der Waals surface area contributed by atoms with E-state index in [1.54, 1.807) is 24.3 Å². The van der Waals surface area contributed by atoms with Crippen LogP contribution >= 0.6 is 11.8 Å². The average molecular weight is 465 g/mol. The lowest BCUT2D eigenvalue weighted by Gasteiger charge is -2.16.